The first kappa shape index (κ1) is 18.9. The summed E-state index contributed by atoms with van der Waals surface area (Å²) in [6.07, 6.45) is 1.58. The van der Waals surface area contributed by atoms with Crippen LogP contribution in [0.5, 0.6) is 0 Å². The Morgan fingerprint density at radius 3 is 2.54 bits per heavy atom. The van der Waals surface area contributed by atoms with E-state index in [1.165, 1.54) is 6.92 Å². The number of anilines is 1. The zero-order chi connectivity index (χ0) is 18.9. The van der Waals surface area contributed by atoms with Crippen LogP contribution in [-0.4, -0.2) is 20.9 Å². The Hall–Kier alpha value is -1.89. The van der Waals surface area contributed by atoms with E-state index in [1.54, 1.807) is 54.3 Å². The molecule has 1 atom stereocenters. The van der Waals surface area contributed by atoms with E-state index in [9.17, 15) is 13.2 Å². The number of carbonyl (C=O) groups is 1. The Morgan fingerprint density at radius 2 is 1.88 bits per heavy atom. The molecule has 26 heavy (non-hydrogen) atoms. The molecule has 0 bridgehead atoms. The number of hydrogen-bond donors (Lipinski definition) is 1. The lowest BCUT2D eigenvalue weighted by Gasteiger charge is -2.29. The van der Waals surface area contributed by atoms with Crippen LogP contribution in [0.25, 0.3) is 0 Å². The van der Waals surface area contributed by atoms with E-state index in [-0.39, 0.29) is 16.8 Å². The predicted molar refractivity (Wildman–Crippen MR) is 103 cm³/mol. The van der Waals surface area contributed by atoms with E-state index in [4.69, 9.17) is 11.6 Å². The summed E-state index contributed by atoms with van der Waals surface area (Å²) < 4.78 is 28.2. The summed E-state index contributed by atoms with van der Waals surface area (Å²) in [5, 5.41) is 0.605. The number of carbonyl (C=O) groups excluding carboxylic acids is 1. The van der Waals surface area contributed by atoms with Crippen LogP contribution in [0.3, 0.4) is 0 Å². The highest BCUT2D eigenvalue weighted by Gasteiger charge is 2.24. The van der Waals surface area contributed by atoms with Crippen LogP contribution in [0.1, 0.15) is 37.4 Å². The van der Waals surface area contributed by atoms with Crippen molar-refractivity contribution in [3.8, 4) is 0 Å². The van der Waals surface area contributed by atoms with Crippen LogP contribution in [0.15, 0.2) is 47.4 Å². The molecule has 0 aliphatic carbocycles. The van der Waals surface area contributed by atoms with E-state index in [0.29, 0.717) is 11.6 Å². The number of fused-ring (bicyclic) bond motifs is 1. The number of aryl methyl sites for hydroxylation is 1. The van der Waals surface area contributed by atoms with E-state index in [2.05, 4.69) is 4.72 Å². The number of hydrogen-bond acceptors (Lipinski definition) is 3. The normalized spacial score (nSPS) is 15.4. The molecule has 0 fully saturated rings. The topological polar surface area (TPSA) is 66.5 Å². The molecule has 7 heteroatoms. The number of benzene rings is 2. The Labute approximate surface area is 159 Å². The molecule has 5 nitrogen and oxygen atoms in total. The summed E-state index contributed by atoms with van der Waals surface area (Å²) >= 11 is 5.88. The van der Waals surface area contributed by atoms with E-state index < -0.39 is 10.0 Å². The first-order chi connectivity index (χ1) is 12.3. The van der Waals surface area contributed by atoms with Crippen LogP contribution < -0.4 is 9.62 Å². The SMILES string of the molecule is CC(=O)N1CCCc2cc(S(=O)(=O)NC(C)c3ccc(Cl)cc3)ccc21. The van der Waals surface area contributed by atoms with Gasteiger partial charge in [0, 0.05) is 30.2 Å². The monoisotopic (exact) mass is 392 g/mol. The van der Waals surface area contributed by atoms with Gasteiger partial charge in [0.25, 0.3) is 0 Å². The molecule has 2 aromatic carbocycles. The van der Waals surface area contributed by atoms with Crippen molar-refractivity contribution in [2.24, 2.45) is 0 Å². The molecule has 0 aromatic heterocycles. The standard InChI is InChI=1S/C19H21ClN2O3S/c1-13(15-5-7-17(20)8-6-15)21-26(24,25)18-9-10-19-16(12-18)4-3-11-22(19)14(2)23/h5-10,12-13,21H,3-4,11H2,1-2H3. The van der Waals surface area contributed by atoms with Gasteiger partial charge in [0.1, 0.15) is 0 Å². The molecule has 1 heterocycles. The van der Waals surface area contributed by atoms with Gasteiger partial charge in [0.2, 0.25) is 15.9 Å². The zero-order valence-corrected chi connectivity index (χ0v) is 16.3. The number of halogens is 1. The number of nitrogens with zero attached hydrogens (tertiary/aromatic N) is 1. The molecule has 1 unspecified atom stereocenters. The summed E-state index contributed by atoms with van der Waals surface area (Å²) in [6, 6.07) is 11.6. The molecule has 1 aliphatic rings. The second-order valence-electron chi connectivity index (χ2n) is 6.46. The van der Waals surface area contributed by atoms with E-state index in [0.717, 1.165) is 29.7 Å². The minimum atomic E-state index is -3.68. The third-order valence-electron chi connectivity index (χ3n) is 4.56. The first-order valence-corrected chi connectivity index (χ1v) is 10.3. The predicted octanol–water partition coefficient (Wildman–Crippen LogP) is 3.68. The van der Waals surface area contributed by atoms with Crippen molar-refractivity contribution in [3.05, 3.63) is 58.6 Å². The fraction of sp³-hybridized carbons (Fsp3) is 0.316. The maximum Gasteiger partial charge on any atom is 0.241 e. The van der Waals surface area contributed by atoms with Crippen molar-refractivity contribution in [1.29, 1.82) is 0 Å². The second kappa shape index (κ2) is 7.39. The van der Waals surface area contributed by atoms with E-state index >= 15 is 0 Å². The van der Waals surface area contributed by atoms with Gasteiger partial charge in [-0.15, -0.1) is 0 Å². The van der Waals surface area contributed by atoms with Crippen molar-refractivity contribution >= 4 is 33.2 Å². The van der Waals surface area contributed by atoms with Gasteiger partial charge in [-0.3, -0.25) is 4.79 Å². The molecule has 138 valence electrons. The van der Waals surface area contributed by atoms with Crippen molar-refractivity contribution in [2.45, 2.75) is 37.6 Å². The van der Waals surface area contributed by atoms with Crippen LogP contribution in [0.4, 0.5) is 5.69 Å². The summed E-state index contributed by atoms with van der Waals surface area (Å²) in [6.45, 7) is 3.98. The molecule has 3 rings (SSSR count). The Morgan fingerprint density at radius 1 is 1.19 bits per heavy atom. The molecule has 0 saturated carbocycles. The first-order valence-electron chi connectivity index (χ1n) is 8.47. The number of sulfonamides is 1. The average Bonchev–Trinajstić information content (AvgIpc) is 2.60. The Kier molecular flexibility index (Phi) is 5.37. The molecule has 1 aliphatic heterocycles. The van der Waals surface area contributed by atoms with Crippen molar-refractivity contribution in [2.75, 3.05) is 11.4 Å². The van der Waals surface area contributed by atoms with Crippen LogP contribution in [-0.2, 0) is 21.2 Å². The van der Waals surface area contributed by atoms with Gasteiger partial charge in [-0.1, -0.05) is 23.7 Å². The summed E-state index contributed by atoms with van der Waals surface area (Å²) in [5.41, 5.74) is 2.51. The molecule has 1 N–H and O–H groups in total. The van der Waals surface area contributed by atoms with Gasteiger partial charge in [-0.25, -0.2) is 13.1 Å². The fourth-order valence-corrected chi connectivity index (χ4v) is 4.60. The number of nitrogens with one attached hydrogen (secondary N) is 1. The fourth-order valence-electron chi connectivity index (χ4n) is 3.19. The second-order valence-corrected chi connectivity index (χ2v) is 8.61. The molecular weight excluding hydrogens is 372 g/mol. The van der Waals surface area contributed by atoms with Gasteiger partial charge >= 0.3 is 0 Å². The van der Waals surface area contributed by atoms with Crippen molar-refractivity contribution < 1.29 is 13.2 Å². The van der Waals surface area contributed by atoms with Crippen LogP contribution in [0.2, 0.25) is 5.02 Å². The number of rotatable bonds is 4. The van der Waals surface area contributed by atoms with Gasteiger partial charge in [-0.2, -0.15) is 0 Å². The maximum atomic E-state index is 12.8. The third-order valence-corrected chi connectivity index (χ3v) is 6.35. The molecule has 2 aromatic rings. The summed E-state index contributed by atoms with van der Waals surface area (Å²) in [5.74, 6) is -0.0314. The van der Waals surface area contributed by atoms with Gasteiger partial charge < -0.3 is 4.90 Å². The van der Waals surface area contributed by atoms with Crippen LogP contribution >= 0.6 is 11.6 Å². The molecule has 1 amide bonds. The lowest BCUT2D eigenvalue weighted by Crippen LogP contribution is -2.34. The molecule has 0 spiro atoms. The lowest BCUT2D eigenvalue weighted by molar-refractivity contribution is -0.116. The van der Waals surface area contributed by atoms with Gasteiger partial charge in [0.15, 0.2) is 0 Å². The highest BCUT2D eigenvalue weighted by Crippen LogP contribution is 2.30. The summed E-state index contributed by atoms with van der Waals surface area (Å²) in [4.78, 5) is 13.7. The average molecular weight is 393 g/mol. The quantitative estimate of drug-likeness (QED) is 0.863. The Balaban J connectivity index is 1.85. The highest BCUT2D eigenvalue weighted by molar-refractivity contribution is 7.89. The molecule has 0 saturated heterocycles. The van der Waals surface area contributed by atoms with Crippen molar-refractivity contribution in [3.63, 3.8) is 0 Å². The Bertz CT molecular complexity index is 926. The number of amides is 1. The van der Waals surface area contributed by atoms with Gasteiger partial charge in [0.05, 0.1) is 4.90 Å². The molecule has 0 radical (unpaired) electrons. The highest BCUT2D eigenvalue weighted by atomic mass is 35.5. The lowest BCUT2D eigenvalue weighted by atomic mass is 10.0. The summed E-state index contributed by atoms with van der Waals surface area (Å²) in [7, 11) is -3.68. The smallest absolute Gasteiger partial charge is 0.241 e. The van der Waals surface area contributed by atoms with Gasteiger partial charge in [-0.05, 0) is 61.2 Å². The van der Waals surface area contributed by atoms with Crippen molar-refractivity contribution in [1.82, 2.24) is 4.72 Å². The minimum absolute atomic E-state index is 0.0314. The van der Waals surface area contributed by atoms with Crippen LogP contribution in [0, 0.1) is 0 Å². The third kappa shape index (κ3) is 3.92. The van der Waals surface area contributed by atoms with E-state index in [1.807, 2.05) is 0 Å². The zero-order valence-electron chi connectivity index (χ0n) is 14.7. The molecular formula is C19H21ClN2O3S. The minimum Gasteiger partial charge on any atom is -0.312 e. The largest absolute Gasteiger partial charge is 0.312 e. The maximum absolute atomic E-state index is 12.8.